The summed E-state index contributed by atoms with van der Waals surface area (Å²) in [5, 5.41) is 3.26. The van der Waals surface area contributed by atoms with Crippen LogP contribution in [0.25, 0.3) is 0 Å². The lowest BCUT2D eigenvalue weighted by Gasteiger charge is -2.28. The van der Waals surface area contributed by atoms with E-state index in [1.807, 2.05) is 31.2 Å². The number of carbonyl (C=O) groups excluding carboxylic acids is 1. The molecule has 2 aromatic rings. The van der Waals surface area contributed by atoms with Crippen LogP contribution < -0.4 is 14.4 Å². The van der Waals surface area contributed by atoms with Crippen LogP contribution in [0.3, 0.4) is 0 Å². The zero-order chi connectivity index (χ0) is 20.9. The molecule has 0 saturated carbocycles. The van der Waals surface area contributed by atoms with E-state index in [4.69, 9.17) is 27.9 Å². The van der Waals surface area contributed by atoms with Gasteiger partial charge in [-0.1, -0.05) is 35.3 Å². The molecule has 0 aliphatic heterocycles. The van der Waals surface area contributed by atoms with E-state index in [-0.39, 0.29) is 17.3 Å². The predicted octanol–water partition coefficient (Wildman–Crippen LogP) is 3.86. The van der Waals surface area contributed by atoms with E-state index in [1.165, 1.54) is 25.1 Å². The third kappa shape index (κ3) is 5.77. The molecule has 28 heavy (non-hydrogen) atoms. The summed E-state index contributed by atoms with van der Waals surface area (Å²) in [6.45, 7) is 4.18. The number of halogens is 2. The van der Waals surface area contributed by atoms with Crippen molar-refractivity contribution in [2.24, 2.45) is 0 Å². The van der Waals surface area contributed by atoms with Crippen molar-refractivity contribution in [3.63, 3.8) is 0 Å². The van der Waals surface area contributed by atoms with Crippen LogP contribution in [-0.2, 0) is 21.4 Å². The fourth-order valence-corrected chi connectivity index (χ4v) is 4.14. The zero-order valence-electron chi connectivity index (χ0n) is 15.8. The van der Waals surface area contributed by atoms with Gasteiger partial charge in [0.25, 0.3) is 0 Å². The number of carbonyl (C=O) groups is 1. The van der Waals surface area contributed by atoms with Crippen molar-refractivity contribution >= 4 is 44.8 Å². The average molecular weight is 445 g/mol. The quantitative estimate of drug-likeness (QED) is 0.670. The summed E-state index contributed by atoms with van der Waals surface area (Å²) in [7, 11) is -3.74. The molecule has 6 nitrogen and oxygen atoms in total. The van der Waals surface area contributed by atoms with E-state index in [2.05, 4.69) is 5.32 Å². The summed E-state index contributed by atoms with van der Waals surface area (Å²) in [6, 6.07) is 10.7. The Morgan fingerprint density at radius 3 is 2.50 bits per heavy atom. The first-order chi connectivity index (χ1) is 13.1. The Labute approximate surface area is 175 Å². The van der Waals surface area contributed by atoms with Gasteiger partial charge in [-0.3, -0.25) is 9.10 Å². The van der Waals surface area contributed by atoms with Gasteiger partial charge in [0.05, 0.1) is 28.6 Å². The number of nitrogens with zero attached hydrogens (tertiary/aromatic N) is 1. The fourth-order valence-electron chi connectivity index (χ4n) is 2.68. The van der Waals surface area contributed by atoms with Gasteiger partial charge in [-0.15, -0.1) is 0 Å². The molecular weight excluding hydrogens is 423 g/mol. The summed E-state index contributed by atoms with van der Waals surface area (Å²) in [5.41, 5.74) is 1.10. The number of sulfonamides is 1. The lowest BCUT2D eigenvalue weighted by atomic mass is 10.2. The fraction of sp³-hybridized carbons (Fsp3) is 0.316. The maximum atomic E-state index is 12.6. The van der Waals surface area contributed by atoms with Gasteiger partial charge in [0, 0.05) is 6.54 Å². The van der Waals surface area contributed by atoms with E-state index in [0.29, 0.717) is 17.4 Å². The monoisotopic (exact) mass is 444 g/mol. The minimum Gasteiger partial charge on any atom is -0.494 e. The molecule has 0 aliphatic rings. The van der Waals surface area contributed by atoms with Crippen molar-refractivity contribution in [3.8, 4) is 5.75 Å². The topological polar surface area (TPSA) is 75.7 Å². The predicted molar refractivity (Wildman–Crippen MR) is 113 cm³/mol. The molecule has 0 saturated heterocycles. The number of hydrogen-bond donors (Lipinski definition) is 1. The molecule has 1 N–H and O–H groups in total. The van der Waals surface area contributed by atoms with Crippen molar-refractivity contribution in [1.29, 1.82) is 0 Å². The maximum Gasteiger partial charge on any atom is 0.243 e. The molecule has 2 aromatic carbocycles. The van der Waals surface area contributed by atoms with Crippen LogP contribution >= 0.6 is 23.2 Å². The van der Waals surface area contributed by atoms with E-state index in [9.17, 15) is 13.2 Å². The van der Waals surface area contributed by atoms with Crippen LogP contribution in [0.15, 0.2) is 42.5 Å². The third-order valence-corrected chi connectivity index (χ3v) is 5.90. The largest absolute Gasteiger partial charge is 0.494 e. The van der Waals surface area contributed by atoms with E-state index in [1.54, 1.807) is 0 Å². The van der Waals surface area contributed by atoms with Crippen molar-refractivity contribution in [2.75, 3.05) is 17.2 Å². The minimum absolute atomic E-state index is 0.202. The SMILES string of the molecule is CCOc1cccc(CNC(=O)[C@@H](C)N(c2ccc(Cl)c(Cl)c2)S(C)(=O)=O)c1. The highest BCUT2D eigenvalue weighted by Crippen LogP contribution is 2.29. The standard InChI is InChI=1S/C19H22Cl2N2O4S/c1-4-27-16-7-5-6-14(10-16)12-22-19(24)13(2)23(28(3,25)26)15-8-9-17(20)18(21)11-15/h5-11,13H,4,12H2,1-3H3,(H,22,24)/t13-/m1/s1. The summed E-state index contributed by atoms with van der Waals surface area (Å²) in [4.78, 5) is 12.6. The molecule has 9 heteroatoms. The second-order valence-electron chi connectivity index (χ2n) is 6.13. The third-order valence-electron chi connectivity index (χ3n) is 3.92. The number of benzene rings is 2. The molecule has 0 aliphatic carbocycles. The van der Waals surface area contributed by atoms with Crippen LogP contribution in [0.4, 0.5) is 5.69 Å². The van der Waals surface area contributed by atoms with Crippen molar-refractivity contribution in [1.82, 2.24) is 5.32 Å². The molecule has 0 unspecified atom stereocenters. The van der Waals surface area contributed by atoms with Gasteiger partial charge in [0.1, 0.15) is 11.8 Å². The van der Waals surface area contributed by atoms with Crippen LogP contribution in [-0.4, -0.2) is 33.2 Å². The lowest BCUT2D eigenvalue weighted by Crippen LogP contribution is -2.47. The highest BCUT2D eigenvalue weighted by atomic mass is 35.5. The second kappa shape index (κ2) is 9.49. The Balaban J connectivity index is 2.17. The molecule has 1 atom stereocenters. The van der Waals surface area contributed by atoms with Crippen LogP contribution in [0, 0.1) is 0 Å². The molecule has 0 radical (unpaired) electrons. The Morgan fingerprint density at radius 2 is 1.89 bits per heavy atom. The van der Waals surface area contributed by atoms with Gasteiger partial charge in [0.15, 0.2) is 0 Å². The second-order valence-corrected chi connectivity index (χ2v) is 8.81. The summed E-state index contributed by atoms with van der Waals surface area (Å²) in [6.07, 6.45) is 1.03. The zero-order valence-corrected chi connectivity index (χ0v) is 18.1. The van der Waals surface area contributed by atoms with E-state index < -0.39 is 22.0 Å². The number of anilines is 1. The van der Waals surface area contributed by atoms with Gasteiger partial charge in [-0.05, 0) is 49.7 Å². The average Bonchev–Trinajstić information content (AvgIpc) is 2.62. The van der Waals surface area contributed by atoms with Gasteiger partial charge in [0.2, 0.25) is 15.9 Å². The first-order valence-corrected chi connectivity index (χ1v) is 11.2. The first-order valence-electron chi connectivity index (χ1n) is 8.57. The molecule has 2 rings (SSSR count). The molecule has 152 valence electrons. The molecule has 0 spiro atoms. The number of rotatable bonds is 8. The summed E-state index contributed by atoms with van der Waals surface area (Å²) >= 11 is 11.9. The Morgan fingerprint density at radius 1 is 1.18 bits per heavy atom. The first kappa shape index (κ1) is 22.3. The van der Waals surface area contributed by atoms with Crippen LogP contribution in [0.2, 0.25) is 10.0 Å². The van der Waals surface area contributed by atoms with Gasteiger partial charge in [-0.2, -0.15) is 0 Å². The van der Waals surface area contributed by atoms with Gasteiger partial charge in [-0.25, -0.2) is 8.42 Å². The van der Waals surface area contributed by atoms with Crippen molar-refractivity contribution in [3.05, 3.63) is 58.1 Å². The molecule has 0 fully saturated rings. The molecular formula is C19H22Cl2N2O4S. The number of hydrogen-bond acceptors (Lipinski definition) is 4. The van der Waals surface area contributed by atoms with Crippen LogP contribution in [0.5, 0.6) is 5.75 Å². The number of amides is 1. The van der Waals surface area contributed by atoms with Crippen molar-refractivity contribution < 1.29 is 17.9 Å². The highest BCUT2D eigenvalue weighted by Gasteiger charge is 2.29. The smallest absolute Gasteiger partial charge is 0.243 e. The molecule has 1 amide bonds. The van der Waals surface area contributed by atoms with Gasteiger partial charge >= 0.3 is 0 Å². The molecule has 0 aromatic heterocycles. The Hall–Kier alpha value is -1.96. The molecule has 0 bridgehead atoms. The van der Waals surface area contributed by atoms with E-state index in [0.717, 1.165) is 16.1 Å². The lowest BCUT2D eigenvalue weighted by molar-refractivity contribution is -0.122. The number of ether oxygens (including phenoxy) is 1. The Bertz CT molecular complexity index is 951. The number of nitrogens with one attached hydrogen (secondary N) is 1. The normalized spacial score (nSPS) is 12.3. The Kier molecular flexibility index (Phi) is 7.57. The van der Waals surface area contributed by atoms with Gasteiger partial charge < -0.3 is 10.1 Å². The maximum absolute atomic E-state index is 12.6. The minimum atomic E-state index is -3.74. The van der Waals surface area contributed by atoms with Crippen LogP contribution in [0.1, 0.15) is 19.4 Å². The highest BCUT2D eigenvalue weighted by molar-refractivity contribution is 7.92. The van der Waals surface area contributed by atoms with Crippen molar-refractivity contribution in [2.45, 2.75) is 26.4 Å². The summed E-state index contributed by atoms with van der Waals surface area (Å²) in [5.74, 6) is 0.258. The van der Waals surface area contributed by atoms with E-state index >= 15 is 0 Å². The summed E-state index contributed by atoms with van der Waals surface area (Å²) < 4.78 is 31.1. The molecule has 0 heterocycles.